The average molecular weight is 333 g/mol. The maximum atomic E-state index is 11.8. The third kappa shape index (κ3) is 3.37. The van der Waals surface area contributed by atoms with Gasteiger partial charge in [-0.15, -0.1) is 0 Å². The van der Waals surface area contributed by atoms with Gasteiger partial charge in [0.25, 0.3) is 5.91 Å². The molecule has 0 aromatic heterocycles. The van der Waals surface area contributed by atoms with Gasteiger partial charge in [-0.1, -0.05) is 6.92 Å². The number of benzene rings is 1. The molecule has 4 heteroatoms. The van der Waals surface area contributed by atoms with E-state index in [1.807, 2.05) is 26.0 Å². The number of ether oxygens (including phenoxy) is 1. The number of carbonyl (C=O) groups excluding carboxylic acids is 1. The highest BCUT2D eigenvalue weighted by Gasteiger charge is 2.10. The monoisotopic (exact) mass is 333 g/mol. The lowest BCUT2D eigenvalue weighted by atomic mass is 10.2. The molecule has 0 saturated carbocycles. The minimum Gasteiger partial charge on any atom is -0.496 e. The lowest BCUT2D eigenvalue weighted by Gasteiger charge is -2.12. The van der Waals surface area contributed by atoms with Crippen molar-refractivity contribution in [2.24, 2.45) is 0 Å². The Morgan fingerprint density at radius 1 is 1.56 bits per heavy atom. The Labute approximate surface area is 110 Å². The normalized spacial score (nSPS) is 12.0. The summed E-state index contributed by atoms with van der Waals surface area (Å²) in [7, 11) is 1.62. The van der Waals surface area contributed by atoms with E-state index in [1.54, 1.807) is 13.2 Å². The SMILES string of the molecule is CC[C@H](C)NC(=O)c1ccc(OC)c(I)c1. The van der Waals surface area contributed by atoms with E-state index in [0.717, 1.165) is 15.7 Å². The van der Waals surface area contributed by atoms with Crippen LogP contribution in [0.1, 0.15) is 30.6 Å². The highest BCUT2D eigenvalue weighted by molar-refractivity contribution is 14.1. The Hall–Kier alpha value is -0.780. The molecule has 3 nitrogen and oxygen atoms in total. The van der Waals surface area contributed by atoms with Crippen molar-refractivity contribution in [1.82, 2.24) is 5.32 Å². The molecule has 0 aliphatic carbocycles. The van der Waals surface area contributed by atoms with E-state index in [4.69, 9.17) is 4.74 Å². The first-order chi connectivity index (χ1) is 7.58. The van der Waals surface area contributed by atoms with E-state index in [-0.39, 0.29) is 11.9 Å². The Morgan fingerprint density at radius 2 is 2.25 bits per heavy atom. The predicted molar refractivity (Wildman–Crippen MR) is 72.9 cm³/mol. The summed E-state index contributed by atoms with van der Waals surface area (Å²) in [5.41, 5.74) is 0.672. The molecule has 0 saturated heterocycles. The smallest absolute Gasteiger partial charge is 0.251 e. The molecule has 1 aromatic carbocycles. The van der Waals surface area contributed by atoms with Crippen molar-refractivity contribution in [3.8, 4) is 5.75 Å². The molecule has 1 aromatic rings. The molecule has 0 fully saturated rings. The van der Waals surface area contributed by atoms with Crippen LogP contribution in [-0.4, -0.2) is 19.1 Å². The van der Waals surface area contributed by atoms with Crippen molar-refractivity contribution < 1.29 is 9.53 Å². The highest BCUT2D eigenvalue weighted by atomic mass is 127. The van der Waals surface area contributed by atoms with E-state index in [1.165, 1.54) is 0 Å². The molecular formula is C12H16INO2. The fourth-order valence-corrected chi connectivity index (χ4v) is 1.95. The third-order valence-electron chi connectivity index (χ3n) is 2.40. The number of hydrogen-bond donors (Lipinski definition) is 1. The van der Waals surface area contributed by atoms with Gasteiger partial charge in [-0.05, 0) is 54.1 Å². The first-order valence-corrected chi connectivity index (χ1v) is 6.30. The van der Waals surface area contributed by atoms with Crippen molar-refractivity contribution in [3.05, 3.63) is 27.3 Å². The van der Waals surface area contributed by atoms with Gasteiger partial charge in [0.2, 0.25) is 0 Å². The zero-order chi connectivity index (χ0) is 12.1. The lowest BCUT2D eigenvalue weighted by molar-refractivity contribution is 0.0939. The van der Waals surface area contributed by atoms with Crippen molar-refractivity contribution in [3.63, 3.8) is 0 Å². The molecule has 0 radical (unpaired) electrons. The van der Waals surface area contributed by atoms with Gasteiger partial charge < -0.3 is 10.1 Å². The second kappa shape index (κ2) is 6.08. The van der Waals surface area contributed by atoms with Crippen LogP contribution in [0.25, 0.3) is 0 Å². The summed E-state index contributed by atoms with van der Waals surface area (Å²) in [6.45, 7) is 4.04. The van der Waals surface area contributed by atoms with E-state index in [2.05, 4.69) is 27.9 Å². The predicted octanol–water partition coefficient (Wildman–Crippen LogP) is 2.83. The fourth-order valence-electron chi connectivity index (χ4n) is 1.22. The summed E-state index contributed by atoms with van der Waals surface area (Å²) in [6.07, 6.45) is 0.930. The second-order valence-electron chi connectivity index (χ2n) is 3.63. The highest BCUT2D eigenvalue weighted by Crippen LogP contribution is 2.21. The molecule has 0 aliphatic rings. The number of halogens is 1. The van der Waals surface area contributed by atoms with Crippen molar-refractivity contribution >= 4 is 28.5 Å². The molecule has 0 bridgehead atoms. The van der Waals surface area contributed by atoms with Crippen molar-refractivity contribution in [2.45, 2.75) is 26.3 Å². The molecule has 1 N–H and O–H groups in total. The third-order valence-corrected chi connectivity index (χ3v) is 3.25. The number of hydrogen-bond acceptors (Lipinski definition) is 2. The lowest BCUT2D eigenvalue weighted by Crippen LogP contribution is -2.31. The standard InChI is InChI=1S/C12H16INO2/c1-4-8(2)14-12(15)9-5-6-11(16-3)10(13)7-9/h5-8H,4H2,1-3H3,(H,14,15)/t8-/m0/s1. The van der Waals surface area contributed by atoms with Gasteiger partial charge in [0.1, 0.15) is 5.75 Å². The maximum absolute atomic E-state index is 11.8. The van der Waals surface area contributed by atoms with Gasteiger partial charge in [0.05, 0.1) is 10.7 Å². The Bertz CT molecular complexity index is 379. The Morgan fingerprint density at radius 3 is 2.75 bits per heavy atom. The second-order valence-corrected chi connectivity index (χ2v) is 4.79. The molecule has 1 rings (SSSR count). The van der Waals surface area contributed by atoms with Crippen molar-refractivity contribution in [2.75, 3.05) is 7.11 Å². The molecule has 1 amide bonds. The van der Waals surface area contributed by atoms with E-state index in [9.17, 15) is 4.79 Å². The first kappa shape index (κ1) is 13.3. The first-order valence-electron chi connectivity index (χ1n) is 5.22. The molecule has 0 heterocycles. The van der Waals surface area contributed by atoms with Crippen LogP contribution in [0, 0.1) is 3.57 Å². The number of carbonyl (C=O) groups is 1. The van der Waals surface area contributed by atoms with Gasteiger partial charge >= 0.3 is 0 Å². The van der Waals surface area contributed by atoms with E-state index < -0.39 is 0 Å². The van der Waals surface area contributed by atoms with Crippen LogP contribution in [0.5, 0.6) is 5.75 Å². The molecule has 0 aliphatic heterocycles. The summed E-state index contributed by atoms with van der Waals surface area (Å²) < 4.78 is 6.08. The molecule has 0 unspecified atom stereocenters. The van der Waals surface area contributed by atoms with Crippen LogP contribution in [-0.2, 0) is 0 Å². The van der Waals surface area contributed by atoms with Gasteiger partial charge in [0, 0.05) is 11.6 Å². The Balaban J connectivity index is 2.81. The number of nitrogens with one attached hydrogen (secondary N) is 1. The molecule has 0 spiro atoms. The van der Waals surface area contributed by atoms with E-state index in [0.29, 0.717) is 5.56 Å². The number of methoxy groups -OCH3 is 1. The Kier molecular flexibility index (Phi) is 5.05. The van der Waals surface area contributed by atoms with Crippen LogP contribution in [0.15, 0.2) is 18.2 Å². The summed E-state index contributed by atoms with van der Waals surface area (Å²) in [6, 6.07) is 5.62. The summed E-state index contributed by atoms with van der Waals surface area (Å²) in [5, 5.41) is 2.93. The summed E-state index contributed by atoms with van der Waals surface area (Å²) in [4.78, 5) is 11.8. The minimum atomic E-state index is -0.0325. The quantitative estimate of drug-likeness (QED) is 0.861. The van der Waals surface area contributed by atoms with Crippen LogP contribution in [0.2, 0.25) is 0 Å². The zero-order valence-corrected chi connectivity index (χ0v) is 11.9. The molecule has 88 valence electrons. The maximum Gasteiger partial charge on any atom is 0.251 e. The summed E-state index contributed by atoms with van der Waals surface area (Å²) in [5.74, 6) is 0.760. The van der Waals surface area contributed by atoms with E-state index >= 15 is 0 Å². The largest absolute Gasteiger partial charge is 0.496 e. The average Bonchev–Trinajstić information content (AvgIpc) is 2.28. The van der Waals surface area contributed by atoms with Gasteiger partial charge in [-0.2, -0.15) is 0 Å². The van der Waals surface area contributed by atoms with Gasteiger partial charge in [-0.3, -0.25) is 4.79 Å². The minimum absolute atomic E-state index is 0.0325. The van der Waals surface area contributed by atoms with Crippen LogP contribution in [0.3, 0.4) is 0 Å². The van der Waals surface area contributed by atoms with Crippen molar-refractivity contribution in [1.29, 1.82) is 0 Å². The zero-order valence-electron chi connectivity index (χ0n) is 9.71. The molecular weight excluding hydrogens is 317 g/mol. The molecule has 16 heavy (non-hydrogen) atoms. The van der Waals surface area contributed by atoms with Gasteiger partial charge in [0.15, 0.2) is 0 Å². The fraction of sp³-hybridized carbons (Fsp3) is 0.417. The number of amides is 1. The number of rotatable bonds is 4. The topological polar surface area (TPSA) is 38.3 Å². The van der Waals surface area contributed by atoms with Crippen LogP contribution >= 0.6 is 22.6 Å². The summed E-state index contributed by atoms with van der Waals surface area (Å²) >= 11 is 2.16. The van der Waals surface area contributed by atoms with Crippen LogP contribution < -0.4 is 10.1 Å². The van der Waals surface area contributed by atoms with Gasteiger partial charge in [-0.25, -0.2) is 0 Å². The van der Waals surface area contributed by atoms with Crippen LogP contribution in [0.4, 0.5) is 0 Å². The molecule has 1 atom stereocenters.